The summed E-state index contributed by atoms with van der Waals surface area (Å²) in [5.74, 6) is -0.684. The van der Waals surface area contributed by atoms with Crippen molar-refractivity contribution in [3.8, 4) is 0 Å². The second-order valence-electron chi connectivity index (χ2n) is 3.00. The standard InChI is InChI=1S/C10H14N2O4/c1-3-12(7-9(13)15-4-2)10(14)8-5-6-11-16-8/h5-6H,3-4,7H2,1-2H3. The zero-order valence-corrected chi connectivity index (χ0v) is 9.30. The molecule has 0 aromatic carbocycles. The zero-order valence-electron chi connectivity index (χ0n) is 9.30. The molecule has 1 heterocycles. The van der Waals surface area contributed by atoms with Crippen LogP contribution in [0.5, 0.6) is 0 Å². The molecule has 0 N–H and O–H groups in total. The fourth-order valence-electron chi connectivity index (χ4n) is 1.17. The van der Waals surface area contributed by atoms with Gasteiger partial charge in [-0.3, -0.25) is 9.59 Å². The van der Waals surface area contributed by atoms with E-state index in [1.54, 1.807) is 13.8 Å². The maximum absolute atomic E-state index is 11.8. The Morgan fingerprint density at radius 1 is 1.50 bits per heavy atom. The van der Waals surface area contributed by atoms with E-state index in [2.05, 4.69) is 5.16 Å². The Bertz CT molecular complexity index is 348. The van der Waals surface area contributed by atoms with Crippen molar-refractivity contribution in [2.75, 3.05) is 19.7 Å². The van der Waals surface area contributed by atoms with Gasteiger partial charge in [-0.25, -0.2) is 0 Å². The average Bonchev–Trinajstić information content (AvgIpc) is 2.78. The summed E-state index contributed by atoms with van der Waals surface area (Å²) in [5, 5.41) is 3.44. The molecule has 0 saturated heterocycles. The number of aromatic nitrogens is 1. The zero-order chi connectivity index (χ0) is 12.0. The SMILES string of the molecule is CCOC(=O)CN(CC)C(=O)c1ccno1. The van der Waals surface area contributed by atoms with Gasteiger partial charge >= 0.3 is 5.97 Å². The van der Waals surface area contributed by atoms with Crippen LogP contribution in [0.3, 0.4) is 0 Å². The van der Waals surface area contributed by atoms with E-state index in [0.717, 1.165) is 0 Å². The van der Waals surface area contributed by atoms with Gasteiger partial charge in [0.25, 0.3) is 5.91 Å². The summed E-state index contributed by atoms with van der Waals surface area (Å²) in [6, 6.07) is 1.45. The van der Waals surface area contributed by atoms with E-state index in [0.29, 0.717) is 13.2 Å². The number of esters is 1. The maximum atomic E-state index is 11.8. The van der Waals surface area contributed by atoms with Gasteiger partial charge in [-0.15, -0.1) is 0 Å². The van der Waals surface area contributed by atoms with Crippen molar-refractivity contribution < 1.29 is 18.8 Å². The Balaban J connectivity index is 2.61. The molecule has 88 valence electrons. The highest BCUT2D eigenvalue weighted by Gasteiger charge is 2.20. The Kier molecular flexibility index (Phi) is 4.50. The predicted molar refractivity (Wildman–Crippen MR) is 54.7 cm³/mol. The van der Waals surface area contributed by atoms with Gasteiger partial charge < -0.3 is 14.2 Å². The molecule has 0 fully saturated rings. The van der Waals surface area contributed by atoms with Crippen molar-refractivity contribution in [3.63, 3.8) is 0 Å². The highest BCUT2D eigenvalue weighted by Crippen LogP contribution is 2.03. The highest BCUT2D eigenvalue weighted by molar-refractivity contribution is 5.93. The molecule has 1 amide bonds. The summed E-state index contributed by atoms with van der Waals surface area (Å²) in [4.78, 5) is 24.3. The Hall–Kier alpha value is -1.85. The molecule has 0 aliphatic carbocycles. The Labute approximate surface area is 93.1 Å². The van der Waals surface area contributed by atoms with Gasteiger partial charge in [0, 0.05) is 12.6 Å². The number of carbonyl (C=O) groups excluding carboxylic acids is 2. The Morgan fingerprint density at radius 3 is 2.75 bits per heavy atom. The fourth-order valence-corrected chi connectivity index (χ4v) is 1.17. The average molecular weight is 226 g/mol. The number of ether oxygens (including phenoxy) is 1. The molecule has 0 bridgehead atoms. The van der Waals surface area contributed by atoms with E-state index in [-0.39, 0.29) is 18.2 Å². The second kappa shape index (κ2) is 5.89. The Morgan fingerprint density at radius 2 is 2.25 bits per heavy atom. The molecular weight excluding hydrogens is 212 g/mol. The van der Waals surface area contributed by atoms with Crippen LogP contribution in [0.25, 0.3) is 0 Å². The summed E-state index contributed by atoms with van der Waals surface area (Å²) in [5.41, 5.74) is 0. The normalized spacial score (nSPS) is 9.88. The minimum Gasteiger partial charge on any atom is -0.465 e. The monoisotopic (exact) mass is 226 g/mol. The van der Waals surface area contributed by atoms with E-state index in [1.807, 2.05) is 0 Å². The van der Waals surface area contributed by atoms with E-state index in [9.17, 15) is 9.59 Å². The molecule has 1 aromatic rings. The van der Waals surface area contributed by atoms with Crippen molar-refractivity contribution >= 4 is 11.9 Å². The summed E-state index contributed by atoms with van der Waals surface area (Å²) in [6.45, 7) is 4.11. The summed E-state index contributed by atoms with van der Waals surface area (Å²) in [7, 11) is 0. The first-order valence-electron chi connectivity index (χ1n) is 5.04. The first kappa shape index (κ1) is 12.2. The van der Waals surface area contributed by atoms with Crippen LogP contribution in [0.15, 0.2) is 16.8 Å². The molecule has 6 heteroatoms. The van der Waals surface area contributed by atoms with Crippen molar-refractivity contribution in [2.45, 2.75) is 13.8 Å². The molecule has 1 rings (SSSR count). The molecule has 6 nitrogen and oxygen atoms in total. The van der Waals surface area contributed by atoms with E-state index >= 15 is 0 Å². The minimum atomic E-state index is -0.433. The van der Waals surface area contributed by atoms with Crippen LogP contribution < -0.4 is 0 Å². The van der Waals surface area contributed by atoms with Gasteiger partial charge in [0.05, 0.1) is 12.8 Å². The molecule has 0 spiro atoms. The number of carbonyl (C=O) groups is 2. The molecule has 0 unspecified atom stereocenters. The molecule has 0 radical (unpaired) electrons. The largest absolute Gasteiger partial charge is 0.465 e. The van der Waals surface area contributed by atoms with E-state index < -0.39 is 5.97 Å². The van der Waals surface area contributed by atoms with Crippen LogP contribution in [0.4, 0.5) is 0 Å². The first-order valence-corrected chi connectivity index (χ1v) is 5.04. The van der Waals surface area contributed by atoms with Gasteiger partial charge in [0.1, 0.15) is 6.54 Å². The predicted octanol–water partition coefficient (Wildman–Crippen LogP) is 0.700. The third-order valence-corrected chi connectivity index (χ3v) is 1.94. The lowest BCUT2D eigenvalue weighted by molar-refractivity contribution is -0.143. The lowest BCUT2D eigenvalue weighted by atomic mass is 10.3. The third-order valence-electron chi connectivity index (χ3n) is 1.94. The molecule has 0 aliphatic heterocycles. The summed E-state index contributed by atoms with van der Waals surface area (Å²) >= 11 is 0. The molecule has 0 saturated carbocycles. The van der Waals surface area contributed by atoms with Crippen LogP contribution in [-0.4, -0.2) is 41.6 Å². The van der Waals surface area contributed by atoms with Gasteiger partial charge in [0.2, 0.25) is 5.76 Å². The van der Waals surface area contributed by atoms with Crippen molar-refractivity contribution in [1.82, 2.24) is 10.1 Å². The van der Waals surface area contributed by atoms with Crippen LogP contribution >= 0.6 is 0 Å². The molecular formula is C10H14N2O4. The quantitative estimate of drug-likeness (QED) is 0.691. The maximum Gasteiger partial charge on any atom is 0.325 e. The number of likely N-dealkylation sites (N-methyl/N-ethyl adjacent to an activating group) is 1. The number of nitrogens with zero attached hydrogens (tertiary/aromatic N) is 2. The number of hydrogen-bond acceptors (Lipinski definition) is 5. The molecule has 0 atom stereocenters. The van der Waals surface area contributed by atoms with Gasteiger partial charge in [-0.1, -0.05) is 5.16 Å². The number of rotatable bonds is 5. The van der Waals surface area contributed by atoms with E-state index in [1.165, 1.54) is 17.2 Å². The van der Waals surface area contributed by atoms with Gasteiger partial charge in [-0.2, -0.15) is 0 Å². The van der Waals surface area contributed by atoms with Gasteiger partial charge in [0.15, 0.2) is 0 Å². The lowest BCUT2D eigenvalue weighted by Gasteiger charge is -2.17. The summed E-state index contributed by atoms with van der Waals surface area (Å²) in [6.07, 6.45) is 1.38. The first-order chi connectivity index (χ1) is 7.69. The topological polar surface area (TPSA) is 72.6 Å². The van der Waals surface area contributed by atoms with Crippen molar-refractivity contribution in [3.05, 3.63) is 18.0 Å². The fraction of sp³-hybridized carbons (Fsp3) is 0.500. The van der Waals surface area contributed by atoms with Gasteiger partial charge in [-0.05, 0) is 13.8 Å². The number of amides is 1. The van der Waals surface area contributed by atoms with Crippen molar-refractivity contribution in [1.29, 1.82) is 0 Å². The highest BCUT2D eigenvalue weighted by atomic mass is 16.5. The molecule has 0 aliphatic rings. The minimum absolute atomic E-state index is 0.0795. The van der Waals surface area contributed by atoms with Crippen LogP contribution in [0, 0.1) is 0 Å². The van der Waals surface area contributed by atoms with E-state index in [4.69, 9.17) is 9.26 Å². The van der Waals surface area contributed by atoms with Crippen LogP contribution in [-0.2, 0) is 9.53 Å². The third kappa shape index (κ3) is 3.08. The molecule has 16 heavy (non-hydrogen) atoms. The smallest absolute Gasteiger partial charge is 0.325 e. The summed E-state index contributed by atoms with van der Waals surface area (Å²) < 4.78 is 9.49. The van der Waals surface area contributed by atoms with Crippen molar-refractivity contribution in [2.24, 2.45) is 0 Å². The second-order valence-corrected chi connectivity index (χ2v) is 3.00. The lowest BCUT2D eigenvalue weighted by Crippen LogP contribution is -2.36. The van der Waals surface area contributed by atoms with Crippen LogP contribution in [0.2, 0.25) is 0 Å². The number of hydrogen-bond donors (Lipinski definition) is 0. The van der Waals surface area contributed by atoms with Crippen LogP contribution in [0.1, 0.15) is 24.4 Å². The molecule has 1 aromatic heterocycles.